The monoisotopic (exact) mass is 288 g/mol. The molecule has 2 saturated carbocycles. The summed E-state index contributed by atoms with van der Waals surface area (Å²) in [6.45, 7) is 8.26. The molecule has 2 aliphatic rings. The minimum absolute atomic E-state index is 0.853. The first-order chi connectivity index (χ1) is 10.1. The Morgan fingerprint density at radius 1 is 1.19 bits per heavy atom. The Bertz CT molecular complexity index is 514. The van der Waals surface area contributed by atoms with E-state index in [-0.39, 0.29) is 0 Å². The lowest BCUT2D eigenvalue weighted by Crippen LogP contribution is -2.30. The summed E-state index contributed by atoms with van der Waals surface area (Å²) in [6, 6.07) is 0. The minimum Gasteiger partial charge on any atom is -0.370 e. The molecule has 4 heteroatoms. The molecular formula is C17H28N4. The summed E-state index contributed by atoms with van der Waals surface area (Å²) in [7, 11) is 2.19. The van der Waals surface area contributed by atoms with Gasteiger partial charge in [-0.05, 0) is 57.8 Å². The summed E-state index contributed by atoms with van der Waals surface area (Å²) in [5, 5.41) is 3.35. The summed E-state index contributed by atoms with van der Waals surface area (Å²) < 4.78 is 0. The zero-order valence-electron chi connectivity index (χ0n) is 13.8. The third kappa shape index (κ3) is 2.85. The van der Waals surface area contributed by atoms with Crippen LogP contribution in [-0.2, 0) is 0 Å². The van der Waals surface area contributed by atoms with Crippen molar-refractivity contribution in [2.75, 3.05) is 30.4 Å². The van der Waals surface area contributed by atoms with Crippen molar-refractivity contribution in [1.29, 1.82) is 0 Å². The van der Waals surface area contributed by atoms with E-state index < -0.39 is 0 Å². The molecule has 3 rings (SSSR count). The van der Waals surface area contributed by atoms with Gasteiger partial charge in [0.2, 0.25) is 0 Å². The molecule has 1 heterocycles. The summed E-state index contributed by atoms with van der Waals surface area (Å²) >= 11 is 0. The smallest absolute Gasteiger partial charge is 0.137 e. The van der Waals surface area contributed by atoms with E-state index in [0.29, 0.717) is 0 Å². The Morgan fingerprint density at radius 3 is 2.62 bits per heavy atom. The van der Waals surface area contributed by atoms with Crippen LogP contribution in [0.15, 0.2) is 0 Å². The number of nitrogens with zero attached hydrogens (tertiary/aromatic N) is 3. The van der Waals surface area contributed by atoms with Crippen LogP contribution in [-0.4, -0.2) is 30.1 Å². The van der Waals surface area contributed by atoms with Crippen molar-refractivity contribution in [3.63, 3.8) is 0 Å². The third-order valence-corrected chi connectivity index (χ3v) is 5.33. The number of hydrogen-bond acceptors (Lipinski definition) is 4. The highest BCUT2D eigenvalue weighted by Gasteiger charge is 2.39. The standard InChI is InChI=1S/C17H28N4/c1-5-18-16-11(2)17(20-12(3)19-16)21(4)10-15-9-13-6-7-14(15)8-13/h13-15H,5-10H2,1-4H3,(H,18,19,20). The Kier molecular flexibility index (Phi) is 4.05. The van der Waals surface area contributed by atoms with Gasteiger partial charge >= 0.3 is 0 Å². The highest BCUT2D eigenvalue weighted by molar-refractivity contribution is 5.58. The maximum Gasteiger partial charge on any atom is 0.137 e. The second-order valence-corrected chi connectivity index (χ2v) is 6.91. The second-order valence-electron chi connectivity index (χ2n) is 6.91. The van der Waals surface area contributed by atoms with E-state index in [1.165, 1.54) is 31.2 Å². The van der Waals surface area contributed by atoms with Gasteiger partial charge < -0.3 is 10.2 Å². The molecule has 0 radical (unpaired) electrons. The normalized spacial score (nSPS) is 27.1. The molecule has 2 bridgehead atoms. The van der Waals surface area contributed by atoms with E-state index in [1.54, 1.807) is 0 Å². The van der Waals surface area contributed by atoms with Gasteiger partial charge in [0, 0.05) is 25.7 Å². The van der Waals surface area contributed by atoms with Crippen molar-refractivity contribution in [2.24, 2.45) is 17.8 Å². The number of fused-ring (bicyclic) bond motifs is 2. The molecule has 4 nitrogen and oxygen atoms in total. The van der Waals surface area contributed by atoms with Crippen LogP contribution in [0.1, 0.15) is 44.0 Å². The predicted molar refractivity (Wildman–Crippen MR) is 87.9 cm³/mol. The van der Waals surface area contributed by atoms with E-state index >= 15 is 0 Å². The molecule has 0 amide bonds. The van der Waals surface area contributed by atoms with Crippen LogP contribution < -0.4 is 10.2 Å². The fourth-order valence-electron chi connectivity index (χ4n) is 4.36. The largest absolute Gasteiger partial charge is 0.370 e. The highest BCUT2D eigenvalue weighted by atomic mass is 15.2. The average Bonchev–Trinajstić information content (AvgIpc) is 3.05. The molecule has 0 aromatic carbocycles. The van der Waals surface area contributed by atoms with E-state index in [1.807, 2.05) is 6.92 Å². The average molecular weight is 288 g/mol. The van der Waals surface area contributed by atoms with Crippen molar-refractivity contribution < 1.29 is 0 Å². The zero-order valence-corrected chi connectivity index (χ0v) is 13.8. The van der Waals surface area contributed by atoms with E-state index in [9.17, 15) is 0 Å². The van der Waals surface area contributed by atoms with Gasteiger partial charge in [-0.2, -0.15) is 0 Å². The Labute approximate surface area is 128 Å². The highest BCUT2D eigenvalue weighted by Crippen LogP contribution is 2.48. The Balaban J connectivity index is 1.76. The van der Waals surface area contributed by atoms with Crippen LogP contribution in [0.2, 0.25) is 0 Å². The van der Waals surface area contributed by atoms with Gasteiger partial charge in [-0.15, -0.1) is 0 Å². The van der Waals surface area contributed by atoms with Crippen molar-refractivity contribution in [1.82, 2.24) is 9.97 Å². The number of rotatable bonds is 5. The van der Waals surface area contributed by atoms with Crippen molar-refractivity contribution in [3.05, 3.63) is 11.4 Å². The summed E-state index contributed by atoms with van der Waals surface area (Å²) in [5.74, 6) is 5.78. The first-order valence-electron chi connectivity index (χ1n) is 8.38. The Hall–Kier alpha value is -1.32. The molecule has 3 atom stereocenters. The third-order valence-electron chi connectivity index (χ3n) is 5.33. The molecule has 3 unspecified atom stereocenters. The van der Waals surface area contributed by atoms with Gasteiger partial charge in [-0.25, -0.2) is 9.97 Å². The van der Waals surface area contributed by atoms with E-state index in [2.05, 4.69) is 36.1 Å². The molecular weight excluding hydrogens is 260 g/mol. The Morgan fingerprint density at radius 2 is 2.00 bits per heavy atom. The summed E-state index contributed by atoms with van der Waals surface area (Å²) in [5.41, 5.74) is 1.17. The number of hydrogen-bond donors (Lipinski definition) is 1. The fraction of sp³-hybridized carbons (Fsp3) is 0.765. The van der Waals surface area contributed by atoms with Crippen LogP contribution in [0.25, 0.3) is 0 Å². The lowest BCUT2D eigenvalue weighted by Gasteiger charge is -2.29. The number of anilines is 2. The molecule has 1 aromatic heterocycles. The van der Waals surface area contributed by atoms with Gasteiger partial charge in [-0.1, -0.05) is 6.42 Å². The SMILES string of the molecule is CCNc1nc(C)nc(N(C)CC2CC3CCC2C3)c1C. The maximum absolute atomic E-state index is 4.69. The van der Waals surface area contributed by atoms with Crippen molar-refractivity contribution in [2.45, 2.75) is 46.5 Å². The van der Waals surface area contributed by atoms with Crippen LogP contribution in [0.5, 0.6) is 0 Å². The topological polar surface area (TPSA) is 41.1 Å². The fourth-order valence-corrected chi connectivity index (χ4v) is 4.36. The molecule has 2 aliphatic carbocycles. The van der Waals surface area contributed by atoms with E-state index in [4.69, 9.17) is 4.98 Å². The summed E-state index contributed by atoms with van der Waals surface area (Å²) in [6.07, 6.45) is 5.83. The van der Waals surface area contributed by atoms with E-state index in [0.717, 1.165) is 48.3 Å². The van der Waals surface area contributed by atoms with Gasteiger partial charge in [0.1, 0.15) is 17.5 Å². The quantitative estimate of drug-likeness (QED) is 0.901. The molecule has 0 saturated heterocycles. The minimum atomic E-state index is 0.853. The molecule has 2 fully saturated rings. The van der Waals surface area contributed by atoms with Crippen molar-refractivity contribution >= 4 is 11.6 Å². The molecule has 1 N–H and O–H groups in total. The van der Waals surface area contributed by atoms with Gasteiger partial charge in [0.05, 0.1) is 0 Å². The molecule has 21 heavy (non-hydrogen) atoms. The lowest BCUT2D eigenvalue weighted by molar-refractivity contribution is 0.337. The second kappa shape index (κ2) is 5.82. The first-order valence-corrected chi connectivity index (χ1v) is 8.38. The van der Waals surface area contributed by atoms with Gasteiger partial charge in [0.15, 0.2) is 0 Å². The lowest BCUT2D eigenvalue weighted by atomic mass is 9.88. The predicted octanol–water partition coefficient (Wildman–Crippen LogP) is 3.40. The van der Waals surface area contributed by atoms with Gasteiger partial charge in [-0.3, -0.25) is 0 Å². The molecule has 116 valence electrons. The zero-order chi connectivity index (χ0) is 15.0. The van der Waals surface area contributed by atoms with Gasteiger partial charge in [0.25, 0.3) is 0 Å². The van der Waals surface area contributed by atoms with Crippen molar-refractivity contribution in [3.8, 4) is 0 Å². The first kappa shape index (κ1) is 14.6. The molecule has 0 aliphatic heterocycles. The van der Waals surface area contributed by atoms with Crippen LogP contribution in [0.3, 0.4) is 0 Å². The number of aryl methyl sites for hydroxylation is 1. The van der Waals surface area contributed by atoms with Crippen LogP contribution in [0, 0.1) is 31.6 Å². The number of aromatic nitrogens is 2. The maximum atomic E-state index is 4.69. The summed E-state index contributed by atoms with van der Waals surface area (Å²) in [4.78, 5) is 11.6. The number of nitrogens with one attached hydrogen (secondary N) is 1. The molecule has 0 spiro atoms. The molecule has 1 aromatic rings. The van der Waals surface area contributed by atoms with Crippen LogP contribution >= 0.6 is 0 Å². The van der Waals surface area contributed by atoms with Crippen LogP contribution in [0.4, 0.5) is 11.6 Å².